The third-order valence-electron chi connectivity index (χ3n) is 3.68. The number of hydrogen-bond donors (Lipinski definition) is 0. The molecule has 0 saturated heterocycles. The van der Waals surface area contributed by atoms with Crippen LogP contribution in [0.2, 0.25) is 0 Å². The summed E-state index contributed by atoms with van der Waals surface area (Å²) >= 11 is 0. The Morgan fingerprint density at radius 3 is 2.68 bits per heavy atom. The fourth-order valence-electron chi connectivity index (χ4n) is 2.38. The van der Waals surface area contributed by atoms with Gasteiger partial charge in [0.1, 0.15) is 6.07 Å². The van der Waals surface area contributed by atoms with E-state index in [0.29, 0.717) is 0 Å². The average molecular weight is 250 g/mol. The first-order chi connectivity index (χ1) is 9.11. The van der Waals surface area contributed by atoms with Crippen LogP contribution in [0.4, 0.5) is 0 Å². The summed E-state index contributed by atoms with van der Waals surface area (Å²) in [7, 11) is 3.96. The van der Waals surface area contributed by atoms with Crippen LogP contribution in [0.5, 0.6) is 0 Å². The maximum atomic E-state index is 9.10. The number of aromatic nitrogens is 3. The van der Waals surface area contributed by atoms with Crippen molar-refractivity contribution >= 4 is 11.0 Å². The smallest absolute Gasteiger partial charge is 0.101 e. The van der Waals surface area contributed by atoms with Gasteiger partial charge in [0.15, 0.2) is 0 Å². The average Bonchev–Trinajstić information content (AvgIpc) is 2.92. The van der Waals surface area contributed by atoms with Gasteiger partial charge in [0.25, 0.3) is 0 Å². The highest BCUT2D eigenvalue weighted by atomic mass is 15.0. The van der Waals surface area contributed by atoms with Crippen LogP contribution in [0, 0.1) is 18.3 Å². The van der Waals surface area contributed by atoms with Gasteiger partial charge in [0.2, 0.25) is 0 Å². The standard InChI is InChI=1S/C15H14N4/c1-10-12(8-16)7-15(19(10)3)11-4-5-14-13(6-11)17-9-18(14)2/h4-7,9H,1-3H3. The summed E-state index contributed by atoms with van der Waals surface area (Å²) < 4.78 is 4.04. The number of benzene rings is 1. The molecule has 0 fully saturated rings. The second kappa shape index (κ2) is 3.99. The molecule has 2 aromatic heterocycles. The molecule has 0 unspecified atom stereocenters. The maximum Gasteiger partial charge on any atom is 0.101 e. The molecule has 0 N–H and O–H groups in total. The molecule has 0 saturated carbocycles. The van der Waals surface area contributed by atoms with Crippen LogP contribution in [0.1, 0.15) is 11.3 Å². The minimum Gasteiger partial charge on any atom is -0.347 e. The van der Waals surface area contributed by atoms with Crippen molar-refractivity contribution in [3.8, 4) is 17.3 Å². The molecular formula is C15H14N4. The van der Waals surface area contributed by atoms with E-state index in [4.69, 9.17) is 5.26 Å². The van der Waals surface area contributed by atoms with E-state index in [1.165, 1.54) is 0 Å². The van der Waals surface area contributed by atoms with Crippen molar-refractivity contribution in [2.75, 3.05) is 0 Å². The number of nitrogens with zero attached hydrogens (tertiary/aromatic N) is 4. The number of nitriles is 1. The topological polar surface area (TPSA) is 46.5 Å². The summed E-state index contributed by atoms with van der Waals surface area (Å²) in [5.74, 6) is 0. The van der Waals surface area contributed by atoms with Crippen molar-refractivity contribution in [1.82, 2.24) is 14.1 Å². The van der Waals surface area contributed by atoms with Crippen LogP contribution in [-0.2, 0) is 14.1 Å². The van der Waals surface area contributed by atoms with Crippen molar-refractivity contribution in [3.05, 3.63) is 41.9 Å². The number of imidazole rings is 1. The quantitative estimate of drug-likeness (QED) is 0.666. The molecule has 3 aromatic rings. The van der Waals surface area contributed by atoms with Crippen molar-refractivity contribution < 1.29 is 0 Å². The van der Waals surface area contributed by atoms with Gasteiger partial charge in [-0.1, -0.05) is 6.07 Å². The maximum absolute atomic E-state index is 9.10. The van der Waals surface area contributed by atoms with Crippen LogP contribution in [0.3, 0.4) is 0 Å². The van der Waals surface area contributed by atoms with Gasteiger partial charge in [-0.25, -0.2) is 4.98 Å². The zero-order valence-electron chi connectivity index (χ0n) is 11.2. The summed E-state index contributed by atoms with van der Waals surface area (Å²) in [5, 5.41) is 9.10. The molecule has 4 nitrogen and oxygen atoms in total. The summed E-state index contributed by atoms with van der Waals surface area (Å²) in [4.78, 5) is 4.37. The zero-order valence-corrected chi connectivity index (χ0v) is 11.2. The zero-order chi connectivity index (χ0) is 13.6. The summed E-state index contributed by atoms with van der Waals surface area (Å²) in [5.41, 5.74) is 5.91. The van der Waals surface area contributed by atoms with Crippen molar-refractivity contribution in [2.45, 2.75) is 6.92 Å². The van der Waals surface area contributed by atoms with E-state index >= 15 is 0 Å². The molecule has 0 aliphatic rings. The number of hydrogen-bond acceptors (Lipinski definition) is 2. The fourth-order valence-corrected chi connectivity index (χ4v) is 2.38. The van der Waals surface area contributed by atoms with Crippen molar-refractivity contribution in [2.24, 2.45) is 14.1 Å². The van der Waals surface area contributed by atoms with E-state index in [-0.39, 0.29) is 0 Å². The van der Waals surface area contributed by atoms with Gasteiger partial charge in [-0.3, -0.25) is 0 Å². The van der Waals surface area contributed by atoms with Crippen LogP contribution in [0.25, 0.3) is 22.3 Å². The highest BCUT2D eigenvalue weighted by molar-refractivity contribution is 5.81. The first kappa shape index (κ1) is 11.5. The molecule has 94 valence electrons. The predicted octanol–water partition coefficient (Wildman–Crippen LogP) is 2.76. The Balaban J connectivity index is 2.22. The van der Waals surface area contributed by atoms with E-state index in [1.807, 2.05) is 42.5 Å². The molecule has 0 aliphatic carbocycles. The van der Waals surface area contributed by atoms with Crippen molar-refractivity contribution in [3.63, 3.8) is 0 Å². The Hall–Kier alpha value is -2.54. The van der Waals surface area contributed by atoms with Crippen LogP contribution >= 0.6 is 0 Å². The first-order valence-electron chi connectivity index (χ1n) is 6.09. The molecule has 1 aromatic carbocycles. The van der Waals surface area contributed by atoms with Gasteiger partial charge in [0.05, 0.1) is 22.9 Å². The van der Waals surface area contributed by atoms with Gasteiger partial charge in [-0.2, -0.15) is 5.26 Å². The van der Waals surface area contributed by atoms with Gasteiger partial charge < -0.3 is 9.13 Å². The lowest BCUT2D eigenvalue weighted by atomic mass is 10.1. The lowest BCUT2D eigenvalue weighted by Gasteiger charge is -2.05. The van der Waals surface area contributed by atoms with Crippen LogP contribution in [0.15, 0.2) is 30.6 Å². The normalized spacial score (nSPS) is 10.8. The minimum absolute atomic E-state index is 0.721. The Bertz CT molecular complexity index is 815. The molecular weight excluding hydrogens is 236 g/mol. The van der Waals surface area contributed by atoms with Crippen molar-refractivity contribution in [1.29, 1.82) is 5.26 Å². The van der Waals surface area contributed by atoms with Crippen LogP contribution in [-0.4, -0.2) is 14.1 Å². The second-order valence-electron chi connectivity index (χ2n) is 4.76. The molecule has 0 radical (unpaired) electrons. The Labute approximate surface area is 111 Å². The number of aryl methyl sites for hydroxylation is 1. The van der Waals surface area contributed by atoms with E-state index in [9.17, 15) is 0 Å². The fraction of sp³-hybridized carbons (Fsp3) is 0.200. The Kier molecular flexibility index (Phi) is 2.42. The highest BCUT2D eigenvalue weighted by Gasteiger charge is 2.11. The summed E-state index contributed by atoms with van der Waals surface area (Å²) in [6.07, 6.45) is 1.81. The van der Waals surface area contributed by atoms with E-state index in [2.05, 4.69) is 29.3 Å². The van der Waals surface area contributed by atoms with E-state index < -0.39 is 0 Å². The largest absolute Gasteiger partial charge is 0.347 e. The molecule has 0 amide bonds. The number of rotatable bonds is 1. The second-order valence-corrected chi connectivity index (χ2v) is 4.76. The Morgan fingerprint density at radius 1 is 1.21 bits per heavy atom. The molecule has 3 rings (SSSR count). The molecule has 0 spiro atoms. The molecule has 2 heterocycles. The third-order valence-corrected chi connectivity index (χ3v) is 3.68. The SMILES string of the molecule is Cc1c(C#N)cc(-c2ccc3c(c2)ncn3C)n1C. The molecule has 0 aliphatic heterocycles. The third kappa shape index (κ3) is 1.63. The Morgan fingerprint density at radius 2 is 2.00 bits per heavy atom. The summed E-state index contributed by atoms with van der Waals surface area (Å²) in [6, 6.07) is 10.3. The van der Waals surface area contributed by atoms with Gasteiger partial charge in [0, 0.05) is 31.0 Å². The van der Waals surface area contributed by atoms with Gasteiger partial charge in [-0.15, -0.1) is 0 Å². The minimum atomic E-state index is 0.721. The lowest BCUT2D eigenvalue weighted by molar-refractivity contribution is 0.889. The van der Waals surface area contributed by atoms with Gasteiger partial charge in [-0.05, 0) is 25.1 Å². The molecule has 0 bridgehead atoms. The summed E-state index contributed by atoms with van der Waals surface area (Å²) in [6.45, 7) is 1.96. The molecule has 19 heavy (non-hydrogen) atoms. The lowest BCUT2D eigenvalue weighted by Crippen LogP contribution is -1.94. The number of fused-ring (bicyclic) bond motifs is 1. The van der Waals surface area contributed by atoms with E-state index in [1.54, 1.807) is 0 Å². The highest BCUT2D eigenvalue weighted by Crippen LogP contribution is 2.27. The monoisotopic (exact) mass is 250 g/mol. The molecule has 4 heteroatoms. The van der Waals surface area contributed by atoms with Gasteiger partial charge >= 0.3 is 0 Å². The van der Waals surface area contributed by atoms with E-state index in [0.717, 1.165) is 33.5 Å². The first-order valence-corrected chi connectivity index (χ1v) is 6.09. The van der Waals surface area contributed by atoms with Crippen LogP contribution < -0.4 is 0 Å². The predicted molar refractivity (Wildman–Crippen MR) is 74.6 cm³/mol. The molecule has 0 atom stereocenters.